The van der Waals surface area contributed by atoms with Gasteiger partial charge in [-0.3, -0.25) is 19.8 Å². The third kappa shape index (κ3) is 3.46. The van der Waals surface area contributed by atoms with Crippen molar-refractivity contribution in [3.05, 3.63) is 33.9 Å². The van der Waals surface area contributed by atoms with E-state index in [0.717, 1.165) is 45.4 Å². The lowest BCUT2D eigenvalue weighted by molar-refractivity contribution is -0.384. The average molecular weight is 344 g/mol. The third-order valence-electron chi connectivity index (χ3n) is 5.52. The van der Waals surface area contributed by atoms with E-state index in [1.165, 1.54) is 18.9 Å². The zero-order valence-corrected chi connectivity index (χ0v) is 14.3. The minimum atomic E-state index is -0.365. The van der Waals surface area contributed by atoms with Crippen molar-refractivity contribution in [1.82, 2.24) is 10.2 Å². The Morgan fingerprint density at radius 2 is 2.00 bits per heavy atom. The molecule has 0 bridgehead atoms. The summed E-state index contributed by atoms with van der Waals surface area (Å²) in [6, 6.07) is 5.62. The molecule has 1 amide bonds. The van der Waals surface area contributed by atoms with Crippen LogP contribution in [0.1, 0.15) is 42.5 Å². The zero-order chi connectivity index (χ0) is 17.4. The van der Waals surface area contributed by atoms with Crippen LogP contribution in [0.15, 0.2) is 18.2 Å². The highest BCUT2D eigenvalue weighted by atomic mass is 16.6. The van der Waals surface area contributed by atoms with Crippen LogP contribution in [0.4, 0.5) is 11.4 Å². The highest BCUT2D eigenvalue weighted by molar-refractivity contribution is 5.96. The number of hydrogen-bond acceptors (Lipinski definition) is 5. The molecule has 1 unspecified atom stereocenters. The summed E-state index contributed by atoms with van der Waals surface area (Å²) in [5.74, 6) is -0.214. The van der Waals surface area contributed by atoms with Crippen molar-refractivity contribution in [2.24, 2.45) is 0 Å². The van der Waals surface area contributed by atoms with E-state index in [-0.39, 0.29) is 22.6 Å². The van der Waals surface area contributed by atoms with Gasteiger partial charge in [0.25, 0.3) is 11.6 Å². The van der Waals surface area contributed by atoms with Crippen molar-refractivity contribution in [3.63, 3.8) is 0 Å². The fraction of sp³-hybridized carbons (Fsp3) is 0.611. The molecule has 7 nitrogen and oxygen atoms in total. The Balaban J connectivity index is 1.55. The summed E-state index contributed by atoms with van der Waals surface area (Å²) >= 11 is 0. The Hall–Kier alpha value is -2.15. The maximum absolute atomic E-state index is 12.2. The molecule has 134 valence electrons. The van der Waals surface area contributed by atoms with Gasteiger partial charge in [0.15, 0.2) is 0 Å². The summed E-state index contributed by atoms with van der Waals surface area (Å²) < 4.78 is 0. The zero-order valence-electron chi connectivity index (χ0n) is 14.3. The third-order valence-corrected chi connectivity index (χ3v) is 5.52. The monoisotopic (exact) mass is 344 g/mol. The van der Waals surface area contributed by atoms with E-state index < -0.39 is 0 Å². The summed E-state index contributed by atoms with van der Waals surface area (Å²) in [6.07, 6.45) is 5.64. The van der Waals surface area contributed by atoms with Crippen LogP contribution in [0.25, 0.3) is 0 Å². The molecule has 0 radical (unpaired) electrons. The smallest absolute Gasteiger partial charge is 0.293 e. The van der Waals surface area contributed by atoms with Gasteiger partial charge in [-0.2, -0.15) is 0 Å². The molecule has 2 heterocycles. The Labute approximate surface area is 147 Å². The van der Waals surface area contributed by atoms with Gasteiger partial charge in [-0.25, -0.2) is 0 Å². The molecule has 1 aromatic carbocycles. The van der Waals surface area contributed by atoms with Crippen LogP contribution in [0.2, 0.25) is 0 Å². The van der Waals surface area contributed by atoms with E-state index in [1.807, 2.05) is 0 Å². The van der Waals surface area contributed by atoms with Crippen LogP contribution in [0.5, 0.6) is 0 Å². The number of fused-ring (bicyclic) bond motifs is 1. The molecule has 1 aliphatic carbocycles. The number of nitro groups is 1. The molecule has 3 aliphatic rings. The number of piperazine rings is 1. The number of amides is 1. The van der Waals surface area contributed by atoms with E-state index in [4.69, 9.17) is 0 Å². The van der Waals surface area contributed by atoms with Crippen LogP contribution < -0.4 is 10.2 Å². The van der Waals surface area contributed by atoms with Gasteiger partial charge in [-0.15, -0.1) is 0 Å². The second kappa shape index (κ2) is 6.63. The molecule has 4 rings (SSSR count). The Morgan fingerprint density at radius 1 is 1.16 bits per heavy atom. The summed E-state index contributed by atoms with van der Waals surface area (Å²) in [4.78, 5) is 28.0. The Bertz CT molecular complexity index is 689. The number of rotatable bonds is 4. The van der Waals surface area contributed by atoms with Crippen LogP contribution in [0.3, 0.4) is 0 Å². The molecule has 1 N–H and O–H groups in total. The number of benzene rings is 1. The van der Waals surface area contributed by atoms with Gasteiger partial charge < -0.3 is 10.2 Å². The van der Waals surface area contributed by atoms with E-state index in [2.05, 4.69) is 15.1 Å². The fourth-order valence-corrected chi connectivity index (χ4v) is 3.95. The number of piperidine rings is 1. The van der Waals surface area contributed by atoms with Gasteiger partial charge in [0.05, 0.1) is 4.92 Å². The first kappa shape index (κ1) is 16.3. The predicted molar refractivity (Wildman–Crippen MR) is 95.0 cm³/mol. The van der Waals surface area contributed by atoms with Gasteiger partial charge in [0, 0.05) is 43.3 Å². The van der Waals surface area contributed by atoms with Crippen molar-refractivity contribution in [1.29, 1.82) is 0 Å². The Kier molecular flexibility index (Phi) is 4.33. The lowest BCUT2D eigenvalue weighted by Gasteiger charge is -2.44. The molecule has 3 fully saturated rings. The van der Waals surface area contributed by atoms with Crippen LogP contribution in [-0.2, 0) is 0 Å². The number of hydrogen-bond donors (Lipinski definition) is 1. The standard InChI is InChI=1S/C18H24N4O3/c23-18(19-14-5-6-14)13-4-7-16(17(11-13)22(24)25)21-10-9-20-8-2-1-3-15(20)12-21/h4,7,11,14-15H,1-3,5-6,8-10,12H2,(H,19,23). The SMILES string of the molecule is O=C(NC1CC1)c1ccc(N2CCN3CCCCC3C2)c([N+](=O)[O-])c1. The molecule has 0 aromatic heterocycles. The quantitative estimate of drug-likeness (QED) is 0.669. The Morgan fingerprint density at radius 3 is 2.76 bits per heavy atom. The molecule has 1 saturated carbocycles. The topological polar surface area (TPSA) is 78.7 Å². The maximum atomic E-state index is 12.2. The summed E-state index contributed by atoms with van der Waals surface area (Å²) in [6.45, 7) is 3.71. The molecule has 1 atom stereocenters. The predicted octanol–water partition coefficient (Wildman–Crippen LogP) is 2.16. The first-order valence-electron chi connectivity index (χ1n) is 9.20. The van der Waals surface area contributed by atoms with E-state index in [1.54, 1.807) is 12.1 Å². The molecule has 2 saturated heterocycles. The van der Waals surface area contributed by atoms with E-state index in [0.29, 0.717) is 17.3 Å². The van der Waals surface area contributed by atoms with Crippen molar-refractivity contribution in [2.45, 2.75) is 44.2 Å². The lowest BCUT2D eigenvalue weighted by Crippen LogP contribution is -2.55. The number of carbonyl (C=O) groups excluding carboxylic acids is 1. The molecular weight excluding hydrogens is 320 g/mol. The van der Waals surface area contributed by atoms with Gasteiger partial charge in [0.1, 0.15) is 5.69 Å². The summed E-state index contributed by atoms with van der Waals surface area (Å²) in [5, 5.41) is 14.5. The van der Waals surface area contributed by atoms with Gasteiger partial charge in [-0.05, 0) is 44.4 Å². The lowest BCUT2D eigenvalue weighted by atomic mass is 9.99. The number of nitrogens with zero attached hydrogens (tertiary/aromatic N) is 3. The van der Waals surface area contributed by atoms with E-state index >= 15 is 0 Å². The molecule has 2 aliphatic heterocycles. The van der Waals surface area contributed by atoms with Gasteiger partial charge in [-0.1, -0.05) is 6.42 Å². The fourth-order valence-electron chi connectivity index (χ4n) is 3.95. The summed E-state index contributed by atoms with van der Waals surface area (Å²) in [7, 11) is 0. The van der Waals surface area contributed by atoms with Crippen LogP contribution >= 0.6 is 0 Å². The highest BCUT2D eigenvalue weighted by Crippen LogP contribution is 2.33. The van der Waals surface area contributed by atoms with Crippen LogP contribution in [0, 0.1) is 10.1 Å². The number of nitro benzene ring substituents is 1. The molecular formula is C18H24N4O3. The van der Waals surface area contributed by atoms with Gasteiger partial charge in [0.2, 0.25) is 0 Å². The molecule has 25 heavy (non-hydrogen) atoms. The minimum absolute atomic E-state index is 0.0349. The molecule has 7 heteroatoms. The average Bonchev–Trinajstić information content (AvgIpc) is 3.44. The van der Waals surface area contributed by atoms with Crippen molar-refractivity contribution in [3.8, 4) is 0 Å². The second-order valence-corrected chi connectivity index (χ2v) is 7.34. The van der Waals surface area contributed by atoms with Crippen molar-refractivity contribution >= 4 is 17.3 Å². The largest absolute Gasteiger partial charge is 0.363 e. The maximum Gasteiger partial charge on any atom is 0.293 e. The first-order chi connectivity index (χ1) is 12.1. The highest BCUT2D eigenvalue weighted by Gasteiger charge is 2.32. The molecule has 1 aromatic rings. The van der Waals surface area contributed by atoms with Crippen molar-refractivity contribution in [2.75, 3.05) is 31.1 Å². The second-order valence-electron chi connectivity index (χ2n) is 7.34. The van der Waals surface area contributed by atoms with Crippen LogP contribution in [-0.4, -0.2) is 54.0 Å². The van der Waals surface area contributed by atoms with Gasteiger partial charge >= 0.3 is 0 Å². The molecule has 0 spiro atoms. The van der Waals surface area contributed by atoms with Crippen molar-refractivity contribution < 1.29 is 9.72 Å². The summed E-state index contributed by atoms with van der Waals surface area (Å²) in [5.41, 5.74) is 1.05. The first-order valence-corrected chi connectivity index (χ1v) is 9.20. The van der Waals surface area contributed by atoms with E-state index in [9.17, 15) is 14.9 Å². The number of anilines is 1. The normalized spacial score (nSPS) is 23.8. The minimum Gasteiger partial charge on any atom is -0.363 e. The number of nitrogens with one attached hydrogen (secondary N) is 1. The number of carbonyl (C=O) groups is 1.